The van der Waals surface area contributed by atoms with Gasteiger partial charge >= 0.3 is 6.18 Å². The SMILES string of the molecule is CC1CC(Nc2nccc(C(F)(F)F)n2)CCN1C. The Morgan fingerprint density at radius 1 is 1.42 bits per heavy atom. The van der Waals surface area contributed by atoms with Crippen LogP contribution in [0.1, 0.15) is 25.5 Å². The highest BCUT2D eigenvalue weighted by Gasteiger charge is 2.33. The van der Waals surface area contributed by atoms with Crippen LogP contribution < -0.4 is 5.32 Å². The molecule has 0 bridgehead atoms. The summed E-state index contributed by atoms with van der Waals surface area (Å²) < 4.78 is 37.6. The number of rotatable bonds is 2. The summed E-state index contributed by atoms with van der Waals surface area (Å²) in [7, 11) is 2.04. The average Bonchev–Trinajstić information content (AvgIpc) is 2.33. The van der Waals surface area contributed by atoms with Crippen LogP contribution in [0.2, 0.25) is 0 Å². The van der Waals surface area contributed by atoms with Crippen molar-refractivity contribution in [2.24, 2.45) is 0 Å². The van der Waals surface area contributed by atoms with Gasteiger partial charge in [0.1, 0.15) is 5.69 Å². The standard InChI is InChI=1S/C12H17F3N4/c1-8-7-9(4-6-19(8)2)17-11-16-5-3-10(18-11)12(13,14)15/h3,5,8-9H,4,6-7H2,1-2H3,(H,16,17,18). The molecule has 1 aromatic rings. The molecule has 1 N–H and O–H groups in total. The molecule has 0 aliphatic carbocycles. The summed E-state index contributed by atoms with van der Waals surface area (Å²) in [5.41, 5.74) is -0.911. The fourth-order valence-electron chi connectivity index (χ4n) is 2.19. The number of nitrogens with zero attached hydrogens (tertiary/aromatic N) is 3. The van der Waals surface area contributed by atoms with Gasteiger partial charge in [-0.05, 0) is 32.9 Å². The van der Waals surface area contributed by atoms with Gasteiger partial charge in [0.15, 0.2) is 0 Å². The number of aromatic nitrogens is 2. The quantitative estimate of drug-likeness (QED) is 0.899. The molecular weight excluding hydrogens is 257 g/mol. The number of likely N-dealkylation sites (tertiary alicyclic amines) is 1. The van der Waals surface area contributed by atoms with Gasteiger partial charge in [-0.2, -0.15) is 13.2 Å². The van der Waals surface area contributed by atoms with Gasteiger partial charge in [-0.25, -0.2) is 9.97 Å². The van der Waals surface area contributed by atoms with Crippen LogP contribution in [-0.2, 0) is 6.18 Å². The van der Waals surface area contributed by atoms with Crippen LogP contribution >= 0.6 is 0 Å². The van der Waals surface area contributed by atoms with E-state index in [-0.39, 0.29) is 12.0 Å². The fraction of sp³-hybridized carbons (Fsp3) is 0.667. The Labute approximate surface area is 110 Å². The molecule has 1 saturated heterocycles. The Kier molecular flexibility index (Phi) is 3.93. The third-order valence-electron chi connectivity index (χ3n) is 3.49. The van der Waals surface area contributed by atoms with E-state index in [1.165, 1.54) is 0 Å². The van der Waals surface area contributed by atoms with E-state index in [0.717, 1.165) is 31.6 Å². The van der Waals surface area contributed by atoms with Crippen molar-refractivity contribution < 1.29 is 13.2 Å². The molecule has 0 aromatic carbocycles. The molecule has 7 heteroatoms. The van der Waals surface area contributed by atoms with E-state index in [1.54, 1.807) is 0 Å². The van der Waals surface area contributed by atoms with Crippen molar-refractivity contribution in [1.29, 1.82) is 0 Å². The first-order chi connectivity index (χ1) is 8.86. The zero-order valence-electron chi connectivity index (χ0n) is 10.9. The highest BCUT2D eigenvalue weighted by Crippen LogP contribution is 2.28. The Balaban J connectivity index is 2.04. The van der Waals surface area contributed by atoms with Gasteiger partial charge in [0.05, 0.1) is 0 Å². The third-order valence-corrected chi connectivity index (χ3v) is 3.49. The lowest BCUT2D eigenvalue weighted by molar-refractivity contribution is -0.141. The van der Waals surface area contributed by atoms with E-state index in [0.29, 0.717) is 6.04 Å². The monoisotopic (exact) mass is 274 g/mol. The minimum atomic E-state index is -4.43. The Morgan fingerprint density at radius 2 is 2.16 bits per heavy atom. The highest BCUT2D eigenvalue weighted by molar-refractivity contribution is 5.28. The van der Waals surface area contributed by atoms with Crippen molar-refractivity contribution in [2.75, 3.05) is 18.9 Å². The molecule has 106 valence electrons. The molecule has 2 atom stereocenters. The lowest BCUT2D eigenvalue weighted by atomic mass is 9.99. The topological polar surface area (TPSA) is 41.1 Å². The molecule has 1 fully saturated rings. The predicted octanol–water partition coefficient (Wildman–Crippen LogP) is 2.39. The molecule has 1 aliphatic rings. The van der Waals surface area contributed by atoms with Crippen molar-refractivity contribution in [3.8, 4) is 0 Å². The molecular formula is C12H17F3N4. The van der Waals surface area contributed by atoms with Crippen LogP contribution in [0.5, 0.6) is 0 Å². The number of hydrogen-bond acceptors (Lipinski definition) is 4. The maximum atomic E-state index is 12.5. The molecule has 0 radical (unpaired) electrons. The van der Waals surface area contributed by atoms with Crippen molar-refractivity contribution in [1.82, 2.24) is 14.9 Å². The first-order valence-electron chi connectivity index (χ1n) is 6.23. The number of piperidine rings is 1. The van der Waals surface area contributed by atoms with E-state index in [1.807, 2.05) is 7.05 Å². The summed E-state index contributed by atoms with van der Waals surface area (Å²) in [4.78, 5) is 9.60. The lowest BCUT2D eigenvalue weighted by Crippen LogP contribution is -2.42. The van der Waals surface area contributed by atoms with Gasteiger partial charge in [0, 0.05) is 24.8 Å². The maximum Gasteiger partial charge on any atom is 0.433 e. The van der Waals surface area contributed by atoms with E-state index < -0.39 is 11.9 Å². The Bertz CT molecular complexity index is 435. The second-order valence-corrected chi connectivity index (χ2v) is 4.96. The molecule has 0 spiro atoms. The number of alkyl halides is 3. The van der Waals surface area contributed by atoms with Gasteiger partial charge < -0.3 is 10.2 Å². The first-order valence-corrected chi connectivity index (χ1v) is 6.23. The Morgan fingerprint density at radius 3 is 2.79 bits per heavy atom. The molecule has 19 heavy (non-hydrogen) atoms. The van der Waals surface area contributed by atoms with Crippen LogP contribution in [0.4, 0.5) is 19.1 Å². The van der Waals surface area contributed by atoms with Gasteiger partial charge in [-0.1, -0.05) is 0 Å². The van der Waals surface area contributed by atoms with Crippen LogP contribution in [0.15, 0.2) is 12.3 Å². The summed E-state index contributed by atoms with van der Waals surface area (Å²) in [6.45, 7) is 3.01. The highest BCUT2D eigenvalue weighted by atomic mass is 19.4. The largest absolute Gasteiger partial charge is 0.433 e. The second-order valence-electron chi connectivity index (χ2n) is 4.96. The smallest absolute Gasteiger partial charge is 0.351 e. The minimum Gasteiger partial charge on any atom is -0.351 e. The third kappa shape index (κ3) is 3.56. The maximum absolute atomic E-state index is 12.5. The van der Waals surface area contributed by atoms with Crippen molar-refractivity contribution >= 4 is 5.95 Å². The van der Waals surface area contributed by atoms with Crippen LogP contribution in [0, 0.1) is 0 Å². The van der Waals surface area contributed by atoms with E-state index in [9.17, 15) is 13.2 Å². The fourth-order valence-corrected chi connectivity index (χ4v) is 2.19. The van der Waals surface area contributed by atoms with Crippen molar-refractivity contribution in [2.45, 2.75) is 38.0 Å². The predicted molar refractivity (Wildman–Crippen MR) is 65.8 cm³/mol. The summed E-state index contributed by atoms with van der Waals surface area (Å²) in [5, 5.41) is 3.00. The van der Waals surface area contributed by atoms with E-state index in [2.05, 4.69) is 27.1 Å². The zero-order chi connectivity index (χ0) is 14.0. The average molecular weight is 274 g/mol. The number of halogens is 3. The number of nitrogens with one attached hydrogen (secondary N) is 1. The first kappa shape index (κ1) is 14.0. The summed E-state index contributed by atoms with van der Waals surface area (Å²) in [6, 6.07) is 1.40. The molecule has 2 heterocycles. The molecule has 4 nitrogen and oxygen atoms in total. The Hall–Kier alpha value is -1.37. The van der Waals surface area contributed by atoms with Gasteiger partial charge in [-0.3, -0.25) is 0 Å². The molecule has 2 unspecified atom stereocenters. The van der Waals surface area contributed by atoms with Crippen LogP contribution in [0.25, 0.3) is 0 Å². The van der Waals surface area contributed by atoms with E-state index >= 15 is 0 Å². The van der Waals surface area contributed by atoms with Gasteiger partial charge in [0.2, 0.25) is 5.95 Å². The van der Waals surface area contributed by atoms with Gasteiger partial charge in [-0.15, -0.1) is 0 Å². The normalized spacial score (nSPS) is 25.3. The molecule has 1 aromatic heterocycles. The minimum absolute atomic E-state index is 0.0524. The summed E-state index contributed by atoms with van der Waals surface area (Å²) in [6.07, 6.45) is -1.55. The van der Waals surface area contributed by atoms with Crippen LogP contribution in [-0.4, -0.2) is 40.5 Å². The second kappa shape index (κ2) is 5.32. The summed E-state index contributed by atoms with van der Waals surface area (Å²) >= 11 is 0. The lowest BCUT2D eigenvalue weighted by Gasteiger charge is -2.35. The van der Waals surface area contributed by atoms with Gasteiger partial charge in [0.25, 0.3) is 0 Å². The number of anilines is 1. The molecule has 2 rings (SSSR count). The van der Waals surface area contributed by atoms with Crippen LogP contribution in [0.3, 0.4) is 0 Å². The van der Waals surface area contributed by atoms with E-state index in [4.69, 9.17) is 0 Å². The van der Waals surface area contributed by atoms with Crippen molar-refractivity contribution in [3.05, 3.63) is 18.0 Å². The summed E-state index contributed by atoms with van der Waals surface area (Å²) in [5.74, 6) is 0.0524. The zero-order valence-corrected chi connectivity index (χ0v) is 10.9. The number of hydrogen-bond donors (Lipinski definition) is 1. The molecule has 1 aliphatic heterocycles. The van der Waals surface area contributed by atoms with Crippen molar-refractivity contribution in [3.63, 3.8) is 0 Å². The molecule has 0 saturated carbocycles. The molecule has 0 amide bonds.